The van der Waals surface area contributed by atoms with Gasteiger partial charge in [0.25, 0.3) is 5.91 Å². The molecule has 2 heterocycles. The number of benzene rings is 1. The number of hydrogen-bond donors (Lipinski definition) is 1. The van der Waals surface area contributed by atoms with Gasteiger partial charge in [-0.15, -0.1) is 0 Å². The molecule has 1 aromatic heterocycles. The minimum atomic E-state index is -0.157. The van der Waals surface area contributed by atoms with Crippen LogP contribution in [0.3, 0.4) is 0 Å². The lowest BCUT2D eigenvalue weighted by Gasteiger charge is -2.09. The molecule has 1 atom stereocenters. The topological polar surface area (TPSA) is 56.1 Å². The lowest BCUT2D eigenvalue weighted by molar-refractivity contribution is 0.0854. The fourth-order valence-electron chi connectivity index (χ4n) is 2.28. The molecule has 3 rings (SSSR count). The number of amides is 1. The highest BCUT2D eigenvalue weighted by molar-refractivity contribution is 5.92. The minimum Gasteiger partial charge on any atom is -0.376 e. The van der Waals surface area contributed by atoms with Gasteiger partial charge in [-0.3, -0.25) is 4.79 Å². The second-order valence-electron chi connectivity index (χ2n) is 4.85. The van der Waals surface area contributed by atoms with Crippen LogP contribution in [0.2, 0.25) is 0 Å². The molecule has 1 amide bonds. The maximum atomic E-state index is 12.0. The van der Waals surface area contributed by atoms with E-state index in [0.717, 1.165) is 25.1 Å². The predicted octanol–water partition coefficient (Wildman–Crippen LogP) is 1.78. The largest absolute Gasteiger partial charge is 0.376 e. The third kappa shape index (κ3) is 2.88. The molecule has 20 heavy (non-hydrogen) atoms. The van der Waals surface area contributed by atoms with Gasteiger partial charge in [0.05, 0.1) is 6.10 Å². The summed E-state index contributed by atoms with van der Waals surface area (Å²) in [5.41, 5.74) is 1.41. The van der Waals surface area contributed by atoms with Crippen molar-refractivity contribution < 1.29 is 9.53 Å². The first kappa shape index (κ1) is 12.9. The summed E-state index contributed by atoms with van der Waals surface area (Å²) in [5.74, 6) is -0.157. The average Bonchev–Trinajstić information content (AvgIpc) is 3.17. The molecule has 0 saturated carbocycles. The van der Waals surface area contributed by atoms with Crippen molar-refractivity contribution >= 4 is 5.91 Å². The van der Waals surface area contributed by atoms with E-state index < -0.39 is 0 Å². The van der Waals surface area contributed by atoms with Crippen molar-refractivity contribution in [3.8, 4) is 5.69 Å². The first-order valence-electron chi connectivity index (χ1n) is 6.82. The van der Waals surface area contributed by atoms with Crippen LogP contribution >= 0.6 is 0 Å². The molecule has 2 aromatic rings. The summed E-state index contributed by atoms with van der Waals surface area (Å²) in [4.78, 5) is 16.2. The fourth-order valence-corrected chi connectivity index (χ4v) is 2.28. The smallest absolute Gasteiger partial charge is 0.271 e. The maximum absolute atomic E-state index is 12.0. The summed E-state index contributed by atoms with van der Waals surface area (Å²) in [6.45, 7) is 1.35. The summed E-state index contributed by atoms with van der Waals surface area (Å²) < 4.78 is 7.31. The Labute approximate surface area is 117 Å². The van der Waals surface area contributed by atoms with Crippen LogP contribution in [0.25, 0.3) is 5.69 Å². The Kier molecular flexibility index (Phi) is 3.78. The van der Waals surface area contributed by atoms with E-state index >= 15 is 0 Å². The zero-order valence-corrected chi connectivity index (χ0v) is 11.2. The third-order valence-corrected chi connectivity index (χ3v) is 3.38. The van der Waals surface area contributed by atoms with Crippen molar-refractivity contribution in [1.29, 1.82) is 0 Å². The standard InChI is InChI=1S/C15H17N3O2/c19-15(16-9-13-7-4-8-20-13)14-10-18(11-17-14)12-5-2-1-3-6-12/h1-3,5-6,10-11,13H,4,7-9H2,(H,16,19)/t13-/m0/s1. The SMILES string of the molecule is O=C(NC[C@@H]1CCCO1)c1cn(-c2ccccc2)cn1. The van der Waals surface area contributed by atoms with Gasteiger partial charge in [-0.25, -0.2) is 4.98 Å². The number of hydrogen-bond acceptors (Lipinski definition) is 3. The predicted molar refractivity (Wildman–Crippen MR) is 74.9 cm³/mol. The summed E-state index contributed by atoms with van der Waals surface area (Å²) in [7, 11) is 0. The molecule has 5 heteroatoms. The van der Waals surface area contributed by atoms with Crippen LogP contribution in [0, 0.1) is 0 Å². The number of para-hydroxylation sites is 1. The summed E-state index contributed by atoms with van der Waals surface area (Å²) >= 11 is 0. The molecular weight excluding hydrogens is 254 g/mol. The number of ether oxygens (including phenoxy) is 1. The summed E-state index contributed by atoms with van der Waals surface area (Å²) in [6.07, 6.45) is 5.62. The Bertz CT molecular complexity index is 574. The highest BCUT2D eigenvalue weighted by Gasteiger charge is 2.17. The average molecular weight is 271 g/mol. The van der Waals surface area contributed by atoms with Crippen LogP contribution in [0.15, 0.2) is 42.9 Å². The minimum absolute atomic E-state index is 0.148. The Morgan fingerprint density at radius 3 is 3.00 bits per heavy atom. The number of nitrogens with one attached hydrogen (secondary N) is 1. The highest BCUT2D eigenvalue weighted by atomic mass is 16.5. The van der Waals surface area contributed by atoms with E-state index in [4.69, 9.17) is 4.74 Å². The van der Waals surface area contributed by atoms with E-state index in [0.29, 0.717) is 12.2 Å². The number of carbonyl (C=O) groups excluding carboxylic acids is 1. The van der Waals surface area contributed by atoms with Gasteiger partial charge in [0.2, 0.25) is 0 Å². The van der Waals surface area contributed by atoms with Gasteiger partial charge in [0.15, 0.2) is 0 Å². The summed E-state index contributed by atoms with van der Waals surface area (Å²) in [5, 5.41) is 2.87. The van der Waals surface area contributed by atoms with Crippen LogP contribution < -0.4 is 5.32 Å². The molecule has 0 bridgehead atoms. The Hall–Kier alpha value is -2.14. The van der Waals surface area contributed by atoms with E-state index in [-0.39, 0.29) is 12.0 Å². The van der Waals surface area contributed by atoms with E-state index in [2.05, 4.69) is 10.3 Å². The van der Waals surface area contributed by atoms with Crippen molar-refractivity contribution in [2.24, 2.45) is 0 Å². The zero-order valence-electron chi connectivity index (χ0n) is 11.2. The van der Waals surface area contributed by atoms with Gasteiger partial charge in [0.1, 0.15) is 12.0 Å². The first-order chi connectivity index (χ1) is 9.83. The lowest BCUT2D eigenvalue weighted by Crippen LogP contribution is -2.31. The van der Waals surface area contributed by atoms with Gasteiger partial charge < -0.3 is 14.6 Å². The Morgan fingerprint density at radius 1 is 1.40 bits per heavy atom. The second-order valence-corrected chi connectivity index (χ2v) is 4.85. The molecule has 1 aromatic carbocycles. The van der Waals surface area contributed by atoms with Crippen LogP contribution in [-0.2, 0) is 4.74 Å². The maximum Gasteiger partial charge on any atom is 0.271 e. The van der Waals surface area contributed by atoms with E-state index in [1.807, 2.05) is 34.9 Å². The molecule has 1 aliphatic heterocycles. The normalized spacial score (nSPS) is 18.1. The quantitative estimate of drug-likeness (QED) is 0.922. The third-order valence-electron chi connectivity index (χ3n) is 3.38. The van der Waals surface area contributed by atoms with Crippen LogP contribution in [0.1, 0.15) is 23.3 Å². The van der Waals surface area contributed by atoms with Gasteiger partial charge in [-0.2, -0.15) is 0 Å². The van der Waals surface area contributed by atoms with Gasteiger partial charge in [-0.1, -0.05) is 18.2 Å². The van der Waals surface area contributed by atoms with Gasteiger partial charge in [0, 0.05) is 25.0 Å². The molecule has 0 spiro atoms. The molecule has 0 radical (unpaired) electrons. The second kappa shape index (κ2) is 5.88. The fraction of sp³-hybridized carbons (Fsp3) is 0.333. The molecule has 1 fully saturated rings. The van der Waals surface area contributed by atoms with Crippen molar-refractivity contribution in [2.75, 3.05) is 13.2 Å². The Morgan fingerprint density at radius 2 is 2.25 bits per heavy atom. The van der Waals surface area contributed by atoms with Crippen LogP contribution in [0.5, 0.6) is 0 Å². The number of rotatable bonds is 4. The van der Waals surface area contributed by atoms with Crippen molar-refractivity contribution in [1.82, 2.24) is 14.9 Å². The Balaban J connectivity index is 1.62. The molecule has 0 aliphatic carbocycles. The molecule has 104 valence electrons. The number of imidazole rings is 1. The molecule has 0 unspecified atom stereocenters. The lowest BCUT2D eigenvalue weighted by atomic mass is 10.2. The number of carbonyl (C=O) groups is 1. The molecule has 1 saturated heterocycles. The number of nitrogens with zero attached hydrogens (tertiary/aromatic N) is 2. The number of aromatic nitrogens is 2. The van der Waals surface area contributed by atoms with Crippen molar-refractivity contribution in [3.05, 3.63) is 48.5 Å². The summed E-state index contributed by atoms with van der Waals surface area (Å²) in [6, 6.07) is 9.79. The monoisotopic (exact) mass is 271 g/mol. The molecule has 5 nitrogen and oxygen atoms in total. The van der Waals surface area contributed by atoms with E-state index in [1.54, 1.807) is 12.5 Å². The van der Waals surface area contributed by atoms with Crippen LogP contribution in [0.4, 0.5) is 0 Å². The van der Waals surface area contributed by atoms with E-state index in [9.17, 15) is 4.79 Å². The first-order valence-corrected chi connectivity index (χ1v) is 6.82. The zero-order chi connectivity index (χ0) is 13.8. The molecule has 1 N–H and O–H groups in total. The van der Waals surface area contributed by atoms with Gasteiger partial charge in [-0.05, 0) is 25.0 Å². The molecule has 1 aliphatic rings. The highest BCUT2D eigenvalue weighted by Crippen LogP contribution is 2.11. The van der Waals surface area contributed by atoms with E-state index in [1.165, 1.54) is 0 Å². The van der Waals surface area contributed by atoms with Crippen LogP contribution in [-0.4, -0.2) is 34.7 Å². The van der Waals surface area contributed by atoms with Crippen molar-refractivity contribution in [3.63, 3.8) is 0 Å². The van der Waals surface area contributed by atoms with Gasteiger partial charge >= 0.3 is 0 Å². The molecular formula is C15H17N3O2. The van der Waals surface area contributed by atoms with Crippen molar-refractivity contribution in [2.45, 2.75) is 18.9 Å².